The van der Waals surface area contributed by atoms with Crippen LogP contribution in [-0.2, 0) is 0 Å². The minimum atomic E-state index is -1.41. The van der Waals surface area contributed by atoms with E-state index in [-0.39, 0.29) is 0 Å². The molecule has 2 atom stereocenters. The number of unbranched alkanes of at least 4 members (excludes halogenated alkanes) is 1. The maximum absolute atomic E-state index is 2.55. The molecule has 1 aromatic carbocycles. The van der Waals surface area contributed by atoms with E-state index in [0.717, 1.165) is 0 Å². The minimum absolute atomic E-state index is 0.687. The van der Waals surface area contributed by atoms with Gasteiger partial charge in [-0.1, -0.05) is 92.2 Å². The smallest absolute Gasteiger partial charge is 0.0797 e. The zero-order chi connectivity index (χ0) is 13.7. The highest BCUT2D eigenvalue weighted by atomic mass is 28.3. The molecule has 2 rings (SSSR count). The predicted octanol–water partition coefficient (Wildman–Crippen LogP) is 5.05. The minimum Gasteiger partial charge on any atom is -0.0797 e. The maximum atomic E-state index is 2.55. The van der Waals surface area contributed by atoms with Gasteiger partial charge in [-0.15, -0.1) is 0 Å². The van der Waals surface area contributed by atoms with Gasteiger partial charge >= 0.3 is 0 Å². The highest BCUT2D eigenvalue weighted by Gasteiger charge is 2.35. The van der Waals surface area contributed by atoms with E-state index in [1.807, 2.05) is 0 Å². The van der Waals surface area contributed by atoms with Crippen LogP contribution >= 0.6 is 0 Å². The summed E-state index contributed by atoms with van der Waals surface area (Å²) < 4.78 is 0. The van der Waals surface area contributed by atoms with Crippen LogP contribution in [0.25, 0.3) is 0 Å². The van der Waals surface area contributed by atoms with Gasteiger partial charge in [-0.3, -0.25) is 0 Å². The lowest BCUT2D eigenvalue weighted by Crippen LogP contribution is -2.47. The summed E-state index contributed by atoms with van der Waals surface area (Å²) in [6.45, 7) is 7.17. The average molecular weight is 270 g/mol. The molecular formula is C18H26Si. The first-order valence-corrected chi connectivity index (χ1v) is 10.4. The molecule has 1 aliphatic rings. The molecule has 0 heterocycles. The highest BCUT2D eigenvalue weighted by molar-refractivity contribution is 6.92. The van der Waals surface area contributed by atoms with E-state index < -0.39 is 8.07 Å². The van der Waals surface area contributed by atoms with Crippen molar-refractivity contribution in [2.45, 2.75) is 51.2 Å². The van der Waals surface area contributed by atoms with Crippen LogP contribution in [0.1, 0.15) is 33.1 Å². The molecule has 0 fully saturated rings. The van der Waals surface area contributed by atoms with Crippen LogP contribution in [0.3, 0.4) is 0 Å². The van der Waals surface area contributed by atoms with E-state index in [4.69, 9.17) is 0 Å². The monoisotopic (exact) mass is 270 g/mol. The Bertz CT molecular complexity index is 458. The average Bonchev–Trinajstić information content (AvgIpc) is 2.94. The molecule has 0 amide bonds. The zero-order valence-corrected chi connectivity index (χ0v) is 13.5. The Hall–Kier alpha value is -1.08. The van der Waals surface area contributed by atoms with E-state index in [1.165, 1.54) is 25.3 Å². The lowest BCUT2D eigenvalue weighted by atomic mass is 10.1. The summed E-state index contributed by atoms with van der Waals surface area (Å²) in [6, 6.07) is 12.5. The lowest BCUT2D eigenvalue weighted by molar-refractivity contribution is 0.798. The molecule has 0 spiro atoms. The highest BCUT2D eigenvalue weighted by Crippen LogP contribution is 2.35. The number of allylic oxidation sites excluding steroid dienone is 4. The van der Waals surface area contributed by atoms with Gasteiger partial charge in [-0.05, 0) is 18.4 Å². The Balaban J connectivity index is 2.20. The summed E-state index contributed by atoms with van der Waals surface area (Å²) >= 11 is 0. The first-order valence-electron chi connectivity index (χ1n) is 7.65. The molecule has 0 aliphatic heterocycles. The van der Waals surface area contributed by atoms with Crippen LogP contribution in [0.4, 0.5) is 0 Å². The predicted molar refractivity (Wildman–Crippen MR) is 88.7 cm³/mol. The van der Waals surface area contributed by atoms with Crippen LogP contribution in [0.2, 0.25) is 18.1 Å². The van der Waals surface area contributed by atoms with E-state index in [9.17, 15) is 0 Å². The van der Waals surface area contributed by atoms with Crippen molar-refractivity contribution < 1.29 is 0 Å². The fraction of sp³-hybridized carbons (Fsp3) is 0.444. The molecule has 1 aromatic rings. The fourth-order valence-corrected chi connectivity index (χ4v) is 6.29. The topological polar surface area (TPSA) is 0 Å². The van der Waals surface area contributed by atoms with Crippen molar-refractivity contribution in [3.63, 3.8) is 0 Å². The van der Waals surface area contributed by atoms with Gasteiger partial charge in [0, 0.05) is 0 Å². The van der Waals surface area contributed by atoms with Crippen LogP contribution in [0.15, 0.2) is 54.1 Å². The third kappa shape index (κ3) is 3.09. The maximum Gasteiger partial charge on any atom is 0.0939 e. The number of hydrogen-bond acceptors (Lipinski definition) is 0. The number of rotatable bonds is 6. The molecule has 1 heteroatoms. The van der Waals surface area contributed by atoms with E-state index in [2.05, 4.69) is 69.0 Å². The Kier molecular flexibility index (Phi) is 4.81. The molecule has 0 saturated carbocycles. The Morgan fingerprint density at radius 2 is 1.84 bits per heavy atom. The molecule has 19 heavy (non-hydrogen) atoms. The van der Waals surface area contributed by atoms with Crippen molar-refractivity contribution in [2.75, 3.05) is 0 Å². The van der Waals surface area contributed by atoms with Crippen molar-refractivity contribution in [1.29, 1.82) is 0 Å². The van der Waals surface area contributed by atoms with E-state index in [1.54, 1.807) is 10.8 Å². The summed E-state index contributed by atoms with van der Waals surface area (Å²) in [5.74, 6) is 0. The Morgan fingerprint density at radius 1 is 1.11 bits per heavy atom. The van der Waals surface area contributed by atoms with Crippen LogP contribution in [0.5, 0.6) is 0 Å². The van der Waals surface area contributed by atoms with Crippen molar-refractivity contribution in [1.82, 2.24) is 0 Å². The second kappa shape index (κ2) is 6.38. The SMILES string of the molecule is CCCCC1=CC([Si](C)(CC)c2ccccc2)C=C1. The summed E-state index contributed by atoms with van der Waals surface area (Å²) in [7, 11) is -1.41. The molecule has 102 valence electrons. The van der Waals surface area contributed by atoms with Gasteiger partial charge in [0.1, 0.15) is 0 Å². The quantitative estimate of drug-likeness (QED) is 0.635. The van der Waals surface area contributed by atoms with Gasteiger partial charge in [0.15, 0.2) is 0 Å². The third-order valence-corrected chi connectivity index (χ3v) is 9.59. The molecular weight excluding hydrogens is 244 g/mol. The largest absolute Gasteiger partial charge is 0.0939 e. The van der Waals surface area contributed by atoms with Crippen molar-refractivity contribution in [2.24, 2.45) is 0 Å². The Morgan fingerprint density at radius 3 is 2.47 bits per heavy atom. The fourth-order valence-electron chi connectivity index (χ4n) is 2.96. The van der Waals surface area contributed by atoms with Gasteiger partial charge in [0.25, 0.3) is 0 Å². The molecule has 0 N–H and O–H groups in total. The molecule has 0 nitrogen and oxygen atoms in total. The lowest BCUT2D eigenvalue weighted by Gasteiger charge is -2.31. The Labute approximate surface area is 119 Å². The van der Waals surface area contributed by atoms with Crippen molar-refractivity contribution in [3.8, 4) is 0 Å². The standard InChI is InChI=1S/C18H26Si/c1-4-6-10-16-13-14-18(15-16)19(3,5-2)17-11-8-7-9-12-17/h7-9,11-15,18H,4-6,10H2,1-3H3. The molecule has 0 aromatic heterocycles. The normalized spacial score (nSPS) is 21.2. The second-order valence-electron chi connectivity index (χ2n) is 5.87. The first-order chi connectivity index (χ1) is 9.20. The van der Waals surface area contributed by atoms with Crippen LogP contribution in [0, 0.1) is 0 Å². The number of benzene rings is 1. The van der Waals surface area contributed by atoms with Crippen LogP contribution < -0.4 is 5.19 Å². The summed E-state index contributed by atoms with van der Waals surface area (Å²) in [5.41, 5.74) is 2.25. The van der Waals surface area contributed by atoms with Gasteiger partial charge < -0.3 is 0 Å². The zero-order valence-electron chi connectivity index (χ0n) is 12.5. The van der Waals surface area contributed by atoms with Gasteiger partial charge in [0.2, 0.25) is 0 Å². The summed E-state index contributed by atoms with van der Waals surface area (Å²) in [6.07, 6.45) is 11.3. The van der Waals surface area contributed by atoms with Crippen molar-refractivity contribution in [3.05, 3.63) is 54.1 Å². The third-order valence-electron chi connectivity index (χ3n) is 4.63. The molecule has 0 radical (unpaired) electrons. The molecule has 2 unspecified atom stereocenters. The van der Waals surface area contributed by atoms with Gasteiger partial charge in [-0.2, -0.15) is 0 Å². The first kappa shape index (κ1) is 14.3. The van der Waals surface area contributed by atoms with E-state index in [0.29, 0.717) is 5.54 Å². The summed E-state index contributed by atoms with van der Waals surface area (Å²) in [4.78, 5) is 0. The van der Waals surface area contributed by atoms with E-state index >= 15 is 0 Å². The molecule has 0 saturated heterocycles. The molecule has 0 bridgehead atoms. The van der Waals surface area contributed by atoms with Crippen molar-refractivity contribution >= 4 is 13.3 Å². The summed E-state index contributed by atoms with van der Waals surface area (Å²) in [5, 5.41) is 1.60. The van der Waals surface area contributed by atoms with Gasteiger partial charge in [-0.25, -0.2) is 0 Å². The van der Waals surface area contributed by atoms with Gasteiger partial charge in [0.05, 0.1) is 8.07 Å². The second-order valence-corrected chi connectivity index (χ2v) is 10.7. The number of hydrogen-bond donors (Lipinski definition) is 0. The molecule has 1 aliphatic carbocycles. The van der Waals surface area contributed by atoms with Crippen LogP contribution in [-0.4, -0.2) is 8.07 Å².